The number of piperidine rings is 1. The first kappa shape index (κ1) is 24.3. The Morgan fingerprint density at radius 3 is 2.20 bits per heavy atom. The lowest BCUT2D eigenvalue weighted by molar-refractivity contribution is 0.0925. The van der Waals surface area contributed by atoms with Gasteiger partial charge in [0, 0.05) is 50.0 Å². The van der Waals surface area contributed by atoms with Gasteiger partial charge >= 0.3 is 0 Å². The Balaban J connectivity index is 1.30. The molecule has 1 fully saturated rings. The molecule has 1 aliphatic heterocycles. The number of nitrogens with one attached hydrogen (secondary N) is 2. The summed E-state index contributed by atoms with van der Waals surface area (Å²) in [5.74, 6) is -0.726. The second kappa shape index (κ2) is 10.6. The minimum Gasteiger partial charge on any atom is -0.371 e. The second-order valence-electron chi connectivity index (χ2n) is 8.45. The molecular weight excluding hydrogens is 466 g/mol. The van der Waals surface area contributed by atoms with Crippen molar-refractivity contribution in [2.75, 3.05) is 24.2 Å². The monoisotopic (exact) mass is 493 g/mol. The zero-order valence-electron chi connectivity index (χ0n) is 19.3. The molecule has 0 aliphatic carbocycles. The average molecular weight is 494 g/mol. The SMILES string of the molecule is CS(=O)(=O)c1ccc(CNC(=O)c2cccc(C(=O)NC3CCN(c4ccncc4)CC3)n2)cc1. The molecule has 0 radical (unpaired) electrons. The van der Waals surface area contributed by atoms with E-state index in [-0.39, 0.29) is 34.8 Å². The lowest BCUT2D eigenvalue weighted by atomic mass is 10.0. The maximum Gasteiger partial charge on any atom is 0.270 e. The van der Waals surface area contributed by atoms with E-state index in [1.54, 1.807) is 42.7 Å². The van der Waals surface area contributed by atoms with E-state index in [1.807, 2.05) is 12.1 Å². The molecule has 0 spiro atoms. The number of nitrogens with zero attached hydrogens (tertiary/aromatic N) is 3. The number of carbonyl (C=O) groups excluding carboxylic acids is 2. The third-order valence-electron chi connectivity index (χ3n) is 5.88. The Morgan fingerprint density at radius 1 is 0.943 bits per heavy atom. The van der Waals surface area contributed by atoms with Gasteiger partial charge in [-0.05, 0) is 54.8 Å². The van der Waals surface area contributed by atoms with Gasteiger partial charge < -0.3 is 15.5 Å². The van der Waals surface area contributed by atoms with Crippen LogP contribution >= 0.6 is 0 Å². The molecule has 2 aromatic heterocycles. The summed E-state index contributed by atoms with van der Waals surface area (Å²) in [7, 11) is -3.27. The van der Waals surface area contributed by atoms with Crippen LogP contribution in [-0.4, -0.2) is 55.6 Å². The minimum absolute atomic E-state index is 0.0368. The quantitative estimate of drug-likeness (QED) is 0.518. The summed E-state index contributed by atoms with van der Waals surface area (Å²) < 4.78 is 23.1. The number of hydrogen-bond donors (Lipinski definition) is 2. The summed E-state index contributed by atoms with van der Waals surface area (Å²) in [6, 6.07) is 15.0. The summed E-state index contributed by atoms with van der Waals surface area (Å²) in [6.45, 7) is 1.86. The van der Waals surface area contributed by atoms with E-state index in [9.17, 15) is 18.0 Å². The summed E-state index contributed by atoms with van der Waals surface area (Å²) in [4.78, 5) is 36.1. The van der Waals surface area contributed by atoms with E-state index < -0.39 is 15.7 Å². The molecule has 182 valence electrons. The van der Waals surface area contributed by atoms with Crippen LogP contribution < -0.4 is 15.5 Å². The van der Waals surface area contributed by atoms with E-state index in [0.717, 1.165) is 43.4 Å². The Labute approximate surface area is 204 Å². The maximum absolute atomic E-state index is 12.8. The van der Waals surface area contributed by atoms with Crippen LogP contribution in [0.15, 0.2) is 71.9 Å². The molecule has 2 N–H and O–H groups in total. The van der Waals surface area contributed by atoms with Crippen molar-refractivity contribution in [1.29, 1.82) is 0 Å². The molecule has 4 rings (SSSR count). The van der Waals surface area contributed by atoms with Gasteiger partial charge in [0.15, 0.2) is 9.84 Å². The predicted molar refractivity (Wildman–Crippen MR) is 132 cm³/mol. The molecule has 10 heteroatoms. The van der Waals surface area contributed by atoms with Crippen molar-refractivity contribution in [1.82, 2.24) is 20.6 Å². The molecule has 3 heterocycles. The van der Waals surface area contributed by atoms with Gasteiger partial charge in [0.2, 0.25) is 0 Å². The average Bonchev–Trinajstić information content (AvgIpc) is 2.88. The molecule has 9 nitrogen and oxygen atoms in total. The molecule has 0 saturated carbocycles. The van der Waals surface area contributed by atoms with Gasteiger partial charge in [-0.3, -0.25) is 14.6 Å². The highest BCUT2D eigenvalue weighted by atomic mass is 32.2. The minimum atomic E-state index is -3.27. The van der Waals surface area contributed by atoms with Gasteiger partial charge in [0.1, 0.15) is 11.4 Å². The first-order chi connectivity index (χ1) is 16.8. The van der Waals surface area contributed by atoms with Crippen LogP contribution in [0.25, 0.3) is 0 Å². The molecule has 3 aromatic rings. The number of benzene rings is 1. The fraction of sp³-hybridized carbons (Fsp3) is 0.280. The molecule has 2 amide bonds. The van der Waals surface area contributed by atoms with Gasteiger partial charge in [-0.25, -0.2) is 13.4 Å². The molecule has 0 bridgehead atoms. The number of aromatic nitrogens is 2. The number of pyridine rings is 2. The van der Waals surface area contributed by atoms with E-state index >= 15 is 0 Å². The van der Waals surface area contributed by atoms with E-state index in [1.165, 1.54) is 12.1 Å². The zero-order valence-corrected chi connectivity index (χ0v) is 20.2. The normalized spacial score (nSPS) is 14.4. The standard InChI is InChI=1S/C25H27N5O4S/c1-35(33,34)21-7-5-18(6-8-21)17-27-24(31)22-3-2-4-23(29-22)25(32)28-19-11-15-30(16-12-19)20-9-13-26-14-10-20/h2-10,13-14,19H,11-12,15-17H2,1H3,(H,27,31)(H,28,32). The molecule has 0 unspecified atom stereocenters. The molecular formula is C25H27N5O4S. The van der Waals surface area contributed by atoms with Crippen molar-refractivity contribution >= 4 is 27.3 Å². The topological polar surface area (TPSA) is 121 Å². The second-order valence-corrected chi connectivity index (χ2v) is 10.5. The smallest absolute Gasteiger partial charge is 0.270 e. The molecule has 1 saturated heterocycles. The molecule has 1 aromatic carbocycles. The van der Waals surface area contributed by atoms with Gasteiger partial charge in [0.05, 0.1) is 4.90 Å². The predicted octanol–water partition coefficient (Wildman–Crippen LogP) is 2.21. The number of anilines is 1. The lowest BCUT2D eigenvalue weighted by Crippen LogP contribution is -2.45. The van der Waals surface area contributed by atoms with E-state index in [2.05, 4.69) is 25.5 Å². The van der Waals surface area contributed by atoms with Crippen LogP contribution in [-0.2, 0) is 16.4 Å². The highest BCUT2D eigenvalue weighted by Crippen LogP contribution is 2.19. The number of rotatable bonds is 7. The van der Waals surface area contributed by atoms with E-state index in [0.29, 0.717) is 0 Å². The number of hydrogen-bond acceptors (Lipinski definition) is 7. The molecule has 35 heavy (non-hydrogen) atoms. The van der Waals surface area contributed by atoms with Crippen molar-refractivity contribution in [3.05, 3.63) is 83.9 Å². The summed E-state index contributed by atoms with van der Waals surface area (Å²) in [6.07, 6.45) is 6.31. The Bertz CT molecular complexity index is 1290. The van der Waals surface area contributed by atoms with Crippen molar-refractivity contribution in [2.24, 2.45) is 0 Å². The van der Waals surface area contributed by atoms with Crippen LogP contribution in [0.5, 0.6) is 0 Å². The fourth-order valence-corrected chi connectivity index (χ4v) is 4.54. The van der Waals surface area contributed by atoms with Crippen LogP contribution in [0.3, 0.4) is 0 Å². The van der Waals surface area contributed by atoms with Crippen molar-refractivity contribution in [3.8, 4) is 0 Å². The summed E-state index contributed by atoms with van der Waals surface area (Å²) in [5.41, 5.74) is 2.19. The third kappa shape index (κ3) is 6.42. The largest absolute Gasteiger partial charge is 0.371 e. The highest BCUT2D eigenvalue weighted by molar-refractivity contribution is 7.90. The van der Waals surface area contributed by atoms with Crippen molar-refractivity contribution in [2.45, 2.75) is 30.3 Å². The Kier molecular flexibility index (Phi) is 7.40. The van der Waals surface area contributed by atoms with Crippen LogP contribution in [0.1, 0.15) is 39.4 Å². The van der Waals surface area contributed by atoms with Crippen molar-refractivity contribution in [3.63, 3.8) is 0 Å². The third-order valence-corrected chi connectivity index (χ3v) is 7.01. The fourth-order valence-electron chi connectivity index (χ4n) is 3.91. The van der Waals surface area contributed by atoms with Gasteiger partial charge in [-0.15, -0.1) is 0 Å². The Hall–Kier alpha value is -3.79. The van der Waals surface area contributed by atoms with Gasteiger partial charge in [-0.1, -0.05) is 18.2 Å². The summed E-state index contributed by atoms with van der Waals surface area (Å²) >= 11 is 0. The first-order valence-electron chi connectivity index (χ1n) is 11.3. The highest BCUT2D eigenvalue weighted by Gasteiger charge is 2.22. The molecule has 1 aliphatic rings. The van der Waals surface area contributed by atoms with E-state index in [4.69, 9.17) is 0 Å². The lowest BCUT2D eigenvalue weighted by Gasteiger charge is -2.33. The maximum atomic E-state index is 12.8. The first-order valence-corrected chi connectivity index (χ1v) is 13.2. The van der Waals surface area contributed by atoms with Crippen LogP contribution in [0, 0.1) is 0 Å². The Morgan fingerprint density at radius 2 is 1.57 bits per heavy atom. The number of amides is 2. The number of sulfone groups is 1. The summed E-state index contributed by atoms with van der Waals surface area (Å²) in [5, 5.41) is 5.78. The van der Waals surface area contributed by atoms with Crippen molar-refractivity contribution < 1.29 is 18.0 Å². The zero-order chi connectivity index (χ0) is 24.8. The van der Waals surface area contributed by atoms with Gasteiger partial charge in [-0.2, -0.15) is 0 Å². The van der Waals surface area contributed by atoms with Crippen LogP contribution in [0.4, 0.5) is 5.69 Å². The van der Waals surface area contributed by atoms with Crippen LogP contribution in [0.2, 0.25) is 0 Å². The molecule has 0 atom stereocenters. The number of carbonyl (C=O) groups is 2. The van der Waals surface area contributed by atoms with Gasteiger partial charge in [0.25, 0.3) is 11.8 Å².